The number of rotatable bonds is 6. The second-order valence-electron chi connectivity index (χ2n) is 5.15. The van der Waals surface area contributed by atoms with Gasteiger partial charge in [-0.3, -0.25) is 0 Å². The van der Waals surface area contributed by atoms with Crippen LogP contribution >= 0.6 is 0 Å². The Labute approximate surface area is 109 Å². The van der Waals surface area contributed by atoms with Crippen LogP contribution in [-0.4, -0.2) is 31.5 Å². The van der Waals surface area contributed by atoms with E-state index in [2.05, 4.69) is 37.4 Å². The molecule has 3 nitrogen and oxygen atoms in total. The van der Waals surface area contributed by atoms with Crippen molar-refractivity contribution in [3.63, 3.8) is 0 Å². The average molecular weight is 249 g/mol. The van der Waals surface area contributed by atoms with Crippen LogP contribution in [0.4, 0.5) is 0 Å². The molecule has 0 spiro atoms. The SMILES string of the molecule is Cc1ccc2c(c1)[C@@H](NCCOCCO)[C@H](C)C2. The second-order valence-corrected chi connectivity index (χ2v) is 5.15. The van der Waals surface area contributed by atoms with Crippen LogP contribution in [0.25, 0.3) is 0 Å². The Hall–Kier alpha value is -0.900. The summed E-state index contributed by atoms with van der Waals surface area (Å²) in [6, 6.07) is 7.19. The molecule has 0 radical (unpaired) electrons. The van der Waals surface area contributed by atoms with Gasteiger partial charge in [-0.15, -0.1) is 0 Å². The lowest BCUT2D eigenvalue weighted by molar-refractivity contribution is 0.0918. The van der Waals surface area contributed by atoms with E-state index in [1.807, 2.05) is 0 Å². The van der Waals surface area contributed by atoms with Gasteiger partial charge in [0.05, 0.1) is 19.8 Å². The highest BCUT2D eigenvalue weighted by Crippen LogP contribution is 2.36. The molecule has 0 saturated heterocycles. The first-order valence-electron chi connectivity index (χ1n) is 6.74. The minimum Gasteiger partial charge on any atom is -0.394 e. The van der Waals surface area contributed by atoms with E-state index < -0.39 is 0 Å². The maximum Gasteiger partial charge on any atom is 0.0698 e. The molecule has 0 unspecified atom stereocenters. The van der Waals surface area contributed by atoms with Gasteiger partial charge in [-0.2, -0.15) is 0 Å². The Kier molecular flexibility index (Phi) is 4.75. The summed E-state index contributed by atoms with van der Waals surface area (Å²) in [7, 11) is 0. The largest absolute Gasteiger partial charge is 0.394 e. The number of aliphatic hydroxyl groups excluding tert-OH is 1. The van der Waals surface area contributed by atoms with Crippen molar-refractivity contribution in [2.45, 2.75) is 26.3 Å². The topological polar surface area (TPSA) is 41.5 Å². The summed E-state index contributed by atoms with van der Waals surface area (Å²) in [5.74, 6) is 0.639. The van der Waals surface area contributed by atoms with Crippen molar-refractivity contribution in [3.8, 4) is 0 Å². The van der Waals surface area contributed by atoms with Crippen LogP contribution in [0.15, 0.2) is 18.2 Å². The van der Waals surface area contributed by atoms with Crippen LogP contribution in [0.5, 0.6) is 0 Å². The number of aliphatic hydroxyl groups is 1. The van der Waals surface area contributed by atoms with Gasteiger partial charge in [0.1, 0.15) is 0 Å². The Bertz CT molecular complexity index is 392. The molecular weight excluding hydrogens is 226 g/mol. The van der Waals surface area contributed by atoms with Crippen LogP contribution in [0.2, 0.25) is 0 Å². The summed E-state index contributed by atoms with van der Waals surface area (Å²) in [5.41, 5.74) is 4.25. The number of hydrogen-bond acceptors (Lipinski definition) is 3. The van der Waals surface area contributed by atoms with Gasteiger partial charge in [-0.25, -0.2) is 0 Å². The minimum atomic E-state index is 0.0991. The predicted molar refractivity (Wildman–Crippen MR) is 72.7 cm³/mol. The number of aryl methyl sites for hydroxylation is 1. The van der Waals surface area contributed by atoms with E-state index in [-0.39, 0.29) is 6.61 Å². The molecule has 1 aromatic carbocycles. The molecule has 1 aliphatic rings. The molecule has 2 rings (SSSR count). The van der Waals surface area contributed by atoms with E-state index >= 15 is 0 Å². The van der Waals surface area contributed by atoms with Gasteiger partial charge in [0.25, 0.3) is 0 Å². The van der Waals surface area contributed by atoms with Gasteiger partial charge in [0.2, 0.25) is 0 Å². The van der Waals surface area contributed by atoms with E-state index in [1.54, 1.807) is 0 Å². The van der Waals surface area contributed by atoms with Gasteiger partial charge in [-0.05, 0) is 30.4 Å². The first-order valence-corrected chi connectivity index (χ1v) is 6.74. The van der Waals surface area contributed by atoms with Crippen molar-refractivity contribution in [3.05, 3.63) is 34.9 Å². The van der Waals surface area contributed by atoms with Crippen molar-refractivity contribution in [1.29, 1.82) is 0 Å². The fraction of sp³-hybridized carbons (Fsp3) is 0.600. The van der Waals surface area contributed by atoms with Crippen molar-refractivity contribution < 1.29 is 9.84 Å². The molecule has 100 valence electrons. The van der Waals surface area contributed by atoms with E-state index in [0.717, 1.165) is 13.0 Å². The van der Waals surface area contributed by atoms with Crippen LogP contribution in [0, 0.1) is 12.8 Å². The van der Waals surface area contributed by atoms with Crippen LogP contribution in [0.3, 0.4) is 0 Å². The highest BCUT2D eigenvalue weighted by atomic mass is 16.5. The Morgan fingerprint density at radius 3 is 3.00 bits per heavy atom. The molecule has 0 amide bonds. The van der Waals surface area contributed by atoms with Crippen molar-refractivity contribution in [2.24, 2.45) is 5.92 Å². The first kappa shape index (κ1) is 13.5. The maximum absolute atomic E-state index is 8.63. The fourth-order valence-corrected chi connectivity index (χ4v) is 2.73. The van der Waals surface area contributed by atoms with E-state index in [4.69, 9.17) is 9.84 Å². The molecule has 0 aliphatic heterocycles. The lowest BCUT2D eigenvalue weighted by atomic mass is 10.0. The molecule has 18 heavy (non-hydrogen) atoms. The van der Waals surface area contributed by atoms with Crippen LogP contribution in [-0.2, 0) is 11.2 Å². The van der Waals surface area contributed by atoms with E-state index in [1.165, 1.54) is 16.7 Å². The molecule has 2 N–H and O–H groups in total. The van der Waals surface area contributed by atoms with Gasteiger partial charge in [0.15, 0.2) is 0 Å². The molecule has 0 saturated carbocycles. The van der Waals surface area contributed by atoms with Crippen molar-refractivity contribution in [1.82, 2.24) is 5.32 Å². The molecule has 0 fully saturated rings. The highest BCUT2D eigenvalue weighted by molar-refractivity contribution is 5.38. The zero-order valence-corrected chi connectivity index (χ0v) is 11.3. The Morgan fingerprint density at radius 1 is 1.39 bits per heavy atom. The van der Waals surface area contributed by atoms with E-state index in [0.29, 0.717) is 25.2 Å². The molecule has 1 aliphatic carbocycles. The molecule has 0 aromatic heterocycles. The molecule has 0 heterocycles. The van der Waals surface area contributed by atoms with Gasteiger partial charge >= 0.3 is 0 Å². The summed E-state index contributed by atoms with van der Waals surface area (Å²) in [4.78, 5) is 0. The fourth-order valence-electron chi connectivity index (χ4n) is 2.73. The maximum atomic E-state index is 8.63. The summed E-state index contributed by atoms with van der Waals surface area (Å²) >= 11 is 0. The third kappa shape index (κ3) is 3.10. The molecule has 1 aromatic rings. The average Bonchev–Trinajstić information content (AvgIpc) is 2.65. The number of fused-ring (bicyclic) bond motifs is 1. The van der Waals surface area contributed by atoms with E-state index in [9.17, 15) is 0 Å². The number of nitrogens with one attached hydrogen (secondary N) is 1. The smallest absolute Gasteiger partial charge is 0.0698 e. The second kappa shape index (κ2) is 6.32. The quantitative estimate of drug-likeness (QED) is 0.756. The molecule has 0 bridgehead atoms. The van der Waals surface area contributed by atoms with Gasteiger partial charge in [0, 0.05) is 12.6 Å². The monoisotopic (exact) mass is 249 g/mol. The highest BCUT2D eigenvalue weighted by Gasteiger charge is 2.28. The molecule has 2 atom stereocenters. The number of ether oxygens (including phenoxy) is 1. The summed E-state index contributed by atoms with van der Waals surface area (Å²) in [6.45, 7) is 6.46. The Balaban J connectivity index is 1.91. The predicted octanol–water partition coefficient (Wildman–Crippen LogP) is 1.83. The van der Waals surface area contributed by atoms with Crippen LogP contribution in [0.1, 0.15) is 29.7 Å². The Morgan fingerprint density at radius 2 is 2.22 bits per heavy atom. The molecule has 3 heteroatoms. The summed E-state index contributed by atoms with van der Waals surface area (Å²) in [5, 5.41) is 12.2. The normalized spacial score (nSPS) is 22.2. The third-order valence-corrected chi connectivity index (χ3v) is 3.59. The number of benzene rings is 1. The lowest BCUT2D eigenvalue weighted by Gasteiger charge is -2.19. The first-order chi connectivity index (χ1) is 8.72. The van der Waals surface area contributed by atoms with Gasteiger partial charge < -0.3 is 15.2 Å². The van der Waals surface area contributed by atoms with Crippen LogP contribution < -0.4 is 5.32 Å². The van der Waals surface area contributed by atoms with Crippen molar-refractivity contribution in [2.75, 3.05) is 26.4 Å². The van der Waals surface area contributed by atoms with Crippen molar-refractivity contribution >= 4 is 0 Å². The minimum absolute atomic E-state index is 0.0991. The standard InChI is InChI=1S/C15H23NO2/c1-11-3-4-13-10-12(2)15(14(13)9-11)16-5-7-18-8-6-17/h3-4,9,12,15-17H,5-8,10H2,1-2H3/t12-,15+/m1/s1. The lowest BCUT2D eigenvalue weighted by Crippen LogP contribution is -2.27. The zero-order valence-electron chi connectivity index (χ0n) is 11.3. The molecular formula is C15H23NO2. The zero-order chi connectivity index (χ0) is 13.0. The third-order valence-electron chi connectivity index (χ3n) is 3.59. The van der Waals surface area contributed by atoms with Gasteiger partial charge in [-0.1, -0.05) is 30.7 Å². The summed E-state index contributed by atoms with van der Waals surface area (Å²) in [6.07, 6.45) is 1.16. The number of hydrogen-bond donors (Lipinski definition) is 2. The summed E-state index contributed by atoms with van der Waals surface area (Å²) < 4.78 is 5.28.